The number of carbonyl (C=O) groups excluding carboxylic acids is 2. The van der Waals surface area contributed by atoms with E-state index in [0.717, 1.165) is 12.1 Å². The molecule has 0 aliphatic carbocycles. The number of methoxy groups -OCH3 is 1. The third kappa shape index (κ3) is 5.35. The summed E-state index contributed by atoms with van der Waals surface area (Å²) in [5, 5.41) is 7.89. The standard InChI is InChI=1S/C17H16Cl2N2O6S/c1-9(16(22)21-14-7-10(18)3-6-15(14)26-2)27-17(23)12-8-11(28(20,24)25)4-5-13(12)19/h3-9H,1-2H3,(H,21,22)(H2,20,24,25). The van der Waals surface area contributed by atoms with Gasteiger partial charge in [-0.1, -0.05) is 23.2 Å². The first-order valence-corrected chi connectivity index (χ1v) is 10.0. The number of esters is 1. The molecule has 0 aromatic heterocycles. The molecule has 2 aromatic carbocycles. The van der Waals surface area contributed by atoms with Crippen molar-refractivity contribution in [1.29, 1.82) is 0 Å². The summed E-state index contributed by atoms with van der Waals surface area (Å²) in [5.74, 6) is -1.29. The maximum atomic E-state index is 12.3. The van der Waals surface area contributed by atoms with Gasteiger partial charge in [0.2, 0.25) is 10.0 Å². The monoisotopic (exact) mass is 446 g/mol. The summed E-state index contributed by atoms with van der Waals surface area (Å²) in [6, 6.07) is 7.94. The Morgan fingerprint density at radius 3 is 2.43 bits per heavy atom. The van der Waals surface area contributed by atoms with E-state index in [9.17, 15) is 18.0 Å². The molecule has 1 amide bonds. The quantitative estimate of drug-likeness (QED) is 0.657. The van der Waals surface area contributed by atoms with Gasteiger partial charge >= 0.3 is 5.97 Å². The maximum Gasteiger partial charge on any atom is 0.340 e. The van der Waals surface area contributed by atoms with Crippen LogP contribution >= 0.6 is 23.2 Å². The molecular formula is C17H16Cl2N2O6S. The van der Waals surface area contributed by atoms with Crippen molar-refractivity contribution in [2.45, 2.75) is 17.9 Å². The fraction of sp³-hybridized carbons (Fsp3) is 0.176. The van der Waals surface area contributed by atoms with Crippen molar-refractivity contribution in [2.75, 3.05) is 12.4 Å². The number of halogens is 2. The van der Waals surface area contributed by atoms with E-state index < -0.39 is 28.0 Å². The normalized spacial score (nSPS) is 12.2. The Kier molecular flexibility index (Phi) is 6.89. The Labute approximate surface area is 171 Å². The summed E-state index contributed by atoms with van der Waals surface area (Å²) >= 11 is 11.8. The molecule has 0 heterocycles. The second kappa shape index (κ2) is 8.78. The predicted molar refractivity (Wildman–Crippen MR) is 104 cm³/mol. The van der Waals surface area contributed by atoms with Gasteiger partial charge in [0.15, 0.2) is 6.10 Å². The van der Waals surface area contributed by atoms with E-state index in [1.54, 1.807) is 12.1 Å². The first-order chi connectivity index (χ1) is 13.0. The number of benzene rings is 2. The number of nitrogens with one attached hydrogen (secondary N) is 1. The minimum atomic E-state index is -4.04. The average Bonchev–Trinajstić information content (AvgIpc) is 2.61. The summed E-state index contributed by atoms with van der Waals surface area (Å²) in [6.45, 7) is 1.34. The summed E-state index contributed by atoms with van der Waals surface area (Å²) in [7, 11) is -2.63. The van der Waals surface area contributed by atoms with Crippen LogP contribution in [0.3, 0.4) is 0 Å². The van der Waals surface area contributed by atoms with Gasteiger partial charge in [-0.15, -0.1) is 0 Å². The van der Waals surface area contributed by atoms with Gasteiger partial charge in [-0.2, -0.15) is 0 Å². The van der Waals surface area contributed by atoms with Gasteiger partial charge in [0.05, 0.1) is 28.3 Å². The van der Waals surface area contributed by atoms with Crippen molar-refractivity contribution in [1.82, 2.24) is 0 Å². The van der Waals surface area contributed by atoms with Gasteiger partial charge in [0.1, 0.15) is 5.75 Å². The fourth-order valence-corrected chi connectivity index (χ4v) is 3.03. The number of ether oxygens (including phenoxy) is 2. The molecule has 3 N–H and O–H groups in total. The maximum absolute atomic E-state index is 12.3. The molecule has 1 unspecified atom stereocenters. The van der Waals surface area contributed by atoms with Crippen LogP contribution in [0.2, 0.25) is 10.0 Å². The lowest BCUT2D eigenvalue weighted by molar-refractivity contribution is -0.123. The van der Waals surface area contributed by atoms with E-state index >= 15 is 0 Å². The number of hydrogen-bond donors (Lipinski definition) is 2. The molecule has 0 saturated heterocycles. The number of amides is 1. The Morgan fingerprint density at radius 2 is 1.82 bits per heavy atom. The lowest BCUT2D eigenvalue weighted by atomic mass is 10.2. The number of anilines is 1. The first-order valence-electron chi connectivity index (χ1n) is 7.70. The summed E-state index contributed by atoms with van der Waals surface area (Å²) in [4.78, 5) is 24.3. The number of rotatable bonds is 6. The Bertz CT molecular complexity index is 1030. The molecule has 8 nitrogen and oxygen atoms in total. The Balaban J connectivity index is 2.16. The van der Waals surface area contributed by atoms with Crippen LogP contribution in [0.1, 0.15) is 17.3 Å². The van der Waals surface area contributed by atoms with Crippen molar-refractivity contribution in [3.05, 3.63) is 52.0 Å². The van der Waals surface area contributed by atoms with Crippen molar-refractivity contribution in [2.24, 2.45) is 5.14 Å². The number of nitrogens with two attached hydrogens (primary N) is 1. The Morgan fingerprint density at radius 1 is 1.14 bits per heavy atom. The van der Waals surface area contributed by atoms with Crippen molar-refractivity contribution >= 4 is 50.8 Å². The first kappa shape index (κ1) is 22.0. The van der Waals surface area contributed by atoms with Gasteiger partial charge in [-0.05, 0) is 43.3 Å². The van der Waals surface area contributed by atoms with Crippen LogP contribution in [0.4, 0.5) is 5.69 Å². The molecule has 2 aromatic rings. The van der Waals surface area contributed by atoms with Crippen LogP contribution < -0.4 is 15.2 Å². The van der Waals surface area contributed by atoms with Crippen LogP contribution in [-0.2, 0) is 19.6 Å². The van der Waals surface area contributed by atoms with Gasteiger partial charge in [0.25, 0.3) is 5.91 Å². The third-order valence-corrected chi connectivity index (χ3v) is 5.03. The highest BCUT2D eigenvalue weighted by Gasteiger charge is 2.23. The smallest absolute Gasteiger partial charge is 0.340 e. The minimum Gasteiger partial charge on any atom is -0.495 e. The molecule has 0 saturated carbocycles. The van der Waals surface area contributed by atoms with Gasteiger partial charge in [0, 0.05) is 5.02 Å². The van der Waals surface area contributed by atoms with E-state index in [1.165, 1.54) is 26.2 Å². The molecule has 0 spiro atoms. The second-order valence-corrected chi connectivity index (χ2v) is 7.97. The lowest BCUT2D eigenvalue weighted by Crippen LogP contribution is -2.30. The lowest BCUT2D eigenvalue weighted by Gasteiger charge is -2.16. The molecule has 1 atom stereocenters. The molecule has 150 valence electrons. The average molecular weight is 447 g/mol. The number of hydrogen-bond acceptors (Lipinski definition) is 6. The second-order valence-electron chi connectivity index (χ2n) is 5.57. The molecular weight excluding hydrogens is 431 g/mol. The summed E-state index contributed by atoms with van der Waals surface area (Å²) in [5.41, 5.74) is 0.0466. The zero-order valence-electron chi connectivity index (χ0n) is 14.7. The van der Waals surface area contributed by atoms with Crippen molar-refractivity contribution < 1.29 is 27.5 Å². The van der Waals surface area contributed by atoms with Crippen LogP contribution in [0.5, 0.6) is 5.75 Å². The largest absolute Gasteiger partial charge is 0.495 e. The topological polar surface area (TPSA) is 125 Å². The fourth-order valence-electron chi connectivity index (χ4n) is 2.13. The highest BCUT2D eigenvalue weighted by molar-refractivity contribution is 7.89. The molecule has 0 aliphatic heterocycles. The van der Waals surface area contributed by atoms with Crippen LogP contribution in [0, 0.1) is 0 Å². The predicted octanol–water partition coefficient (Wildman–Crippen LogP) is 2.83. The van der Waals surface area contributed by atoms with E-state index in [0.29, 0.717) is 10.8 Å². The number of sulfonamides is 1. The molecule has 0 fully saturated rings. The molecule has 0 bridgehead atoms. The van der Waals surface area contributed by atoms with Crippen LogP contribution in [-0.4, -0.2) is 33.5 Å². The van der Waals surface area contributed by atoms with Crippen LogP contribution in [0.25, 0.3) is 0 Å². The SMILES string of the molecule is COc1ccc(Cl)cc1NC(=O)C(C)OC(=O)c1cc(S(N)(=O)=O)ccc1Cl. The zero-order valence-corrected chi connectivity index (χ0v) is 17.1. The molecule has 28 heavy (non-hydrogen) atoms. The molecule has 0 aliphatic rings. The molecule has 2 rings (SSSR count). The highest BCUT2D eigenvalue weighted by atomic mass is 35.5. The van der Waals surface area contributed by atoms with Gasteiger partial charge in [-0.25, -0.2) is 18.4 Å². The van der Waals surface area contributed by atoms with E-state index in [-0.39, 0.29) is 21.2 Å². The van der Waals surface area contributed by atoms with E-state index in [4.69, 9.17) is 37.8 Å². The summed E-state index contributed by atoms with van der Waals surface area (Å²) in [6.07, 6.45) is -1.23. The number of carbonyl (C=O) groups is 2. The van der Waals surface area contributed by atoms with E-state index in [2.05, 4.69) is 5.32 Å². The van der Waals surface area contributed by atoms with Crippen LogP contribution in [0.15, 0.2) is 41.3 Å². The van der Waals surface area contributed by atoms with Gasteiger partial charge < -0.3 is 14.8 Å². The van der Waals surface area contributed by atoms with Crippen molar-refractivity contribution in [3.63, 3.8) is 0 Å². The zero-order chi connectivity index (χ0) is 21.1. The third-order valence-electron chi connectivity index (χ3n) is 3.56. The highest BCUT2D eigenvalue weighted by Crippen LogP contribution is 2.28. The van der Waals surface area contributed by atoms with Gasteiger partial charge in [-0.3, -0.25) is 4.79 Å². The summed E-state index contributed by atoms with van der Waals surface area (Å²) < 4.78 is 33.1. The molecule has 0 radical (unpaired) electrons. The molecule has 11 heteroatoms. The van der Waals surface area contributed by atoms with E-state index in [1.807, 2.05) is 0 Å². The van der Waals surface area contributed by atoms with Crippen molar-refractivity contribution in [3.8, 4) is 5.75 Å². The Hall–Kier alpha value is -2.33. The number of primary sulfonamides is 1. The minimum absolute atomic E-state index is 0.0541.